The van der Waals surface area contributed by atoms with E-state index in [1.807, 2.05) is 22.9 Å². The lowest BCUT2D eigenvalue weighted by molar-refractivity contribution is 0.803. The van der Waals surface area contributed by atoms with Gasteiger partial charge in [0.2, 0.25) is 0 Å². The molecule has 0 atom stereocenters. The third-order valence-electron chi connectivity index (χ3n) is 3.17. The molecule has 0 amide bonds. The van der Waals surface area contributed by atoms with Crippen molar-refractivity contribution < 1.29 is 0 Å². The summed E-state index contributed by atoms with van der Waals surface area (Å²) < 4.78 is 2.61. The first-order valence-corrected chi connectivity index (χ1v) is 7.50. The van der Waals surface area contributed by atoms with Crippen molar-refractivity contribution in [1.29, 1.82) is 5.26 Å². The lowest BCUT2D eigenvalue weighted by Crippen LogP contribution is -1.98. The van der Waals surface area contributed by atoms with Crippen LogP contribution in [0.15, 0.2) is 24.4 Å². The van der Waals surface area contributed by atoms with Gasteiger partial charge >= 0.3 is 0 Å². The predicted molar refractivity (Wildman–Crippen MR) is 82.4 cm³/mol. The van der Waals surface area contributed by atoms with Crippen LogP contribution in [-0.2, 0) is 13.0 Å². The van der Waals surface area contributed by atoms with Crippen molar-refractivity contribution in [3.8, 4) is 6.07 Å². The van der Waals surface area contributed by atoms with Crippen molar-refractivity contribution in [2.75, 3.05) is 0 Å². The number of nitrogens with one attached hydrogen (secondary N) is 1. The predicted octanol–water partition coefficient (Wildman–Crippen LogP) is 3.64. The van der Waals surface area contributed by atoms with Gasteiger partial charge in [0.1, 0.15) is 11.1 Å². The topological polar surface area (TPSA) is 57.4 Å². The number of benzene rings is 1. The van der Waals surface area contributed by atoms with Crippen LogP contribution in [0.2, 0.25) is 0 Å². The number of aromatic amines is 1. The Balaban J connectivity index is 2.10. The number of para-hydroxylation sites is 1. The summed E-state index contributed by atoms with van der Waals surface area (Å²) in [4.78, 5) is 8.81. The minimum atomic E-state index is 0.612. The first-order valence-electron chi connectivity index (χ1n) is 6.28. The molecular formula is C14H12N4S2. The number of aromatic nitrogens is 3. The van der Waals surface area contributed by atoms with E-state index in [1.165, 1.54) is 4.88 Å². The molecule has 3 rings (SSSR count). The molecule has 1 N–H and O–H groups in total. The van der Waals surface area contributed by atoms with E-state index in [1.54, 1.807) is 17.4 Å². The van der Waals surface area contributed by atoms with Gasteiger partial charge in [-0.05, 0) is 30.8 Å². The largest absolute Gasteiger partial charge is 0.329 e. The van der Waals surface area contributed by atoms with Crippen LogP contribution in [0.1, 0.15) is 22.4 Å². The van der Waals surface area contributed by atoms with E-state index in [0.29, 0.717) is 16.9 Å². The standard InChI is InChI=1S/C14H12N4S2/c1-2-10-7-16-12(20-10)8-18-11-5-3-4-9(6-15)13(11)17-14(18)19/h3-5,7H,2,8H2,1H3,(H,17,19). The van der Waals surface area contributed by atoms with Crippen molar-refractivity contribution in [2.24, 2.45) is 0 Å². The molecular weight excluding hydrogens is 288 g/mol. The molecule has 0 fully saturated rings. The van der Waals surface area contributed by atoms with Crippen molar-refractivity contribution in [3.05, 3.63) is 44.6 Å². The summed E-state index contributed by atoms with van der Waals surface area (Å²) in [5.41, 5.74) is 2.36. The van der Waals surface area contributed by atoms with E-state index in [-0.39, 0.29) is 0 Å². The van der Waals surface area contributed by atoms with Crippen molar-refractivity contribution in [2.45, 2.75) is 19.9 Å². The summed E-state index contributed by atoms with van der Waals surface area (Å²) in [6.45, 7) is 2.76. The number of fused-ring (bicyclic) bond motifs is 1. The molecule has 20 heavy (non-hydrogen) atoms. The molecule has 2 heterocycles. The van der Waals surface area contributed by atoms with Crippen molar-refractivity contribution in [3.63, 3.8) is 0 Å². The van der Waals surface area contributed by atoms with Gasteiger partial charge in [-0.3, -0.25) is 0 Å². The Morgan fingerprint density at radius 2 is 2.35 bits per heavy atom. The second-order valence-electron chi connectivity index (χ2n) is 4.40. The molecule has 0 spiro atoms. The summed E-state index contributed by atoms with van der Waals surface area (Å²) in [6, 6.07) is 7.82. The highest BCUT2D eigenvalue weighted by molar-refractivity contribution is 7.71. The Kier molecular flexibility index (Phi) is 3.38. The molecule has 0 aliphatic carbocycles. The van der Waals surface area contributed by atoms with Crippen LogP contribution < -0.4 is 0 Å². The Morgan fingerprint density at radius 1 is 1.50 bits per heavy atom. The Labute approximate surface area is 125 Å². The molecule has 0 saturated heterocycles. The quantitative estimate of drug-likeness (QED) is 0.751. The summed E-state index contributed by atoms with van der Waals surface area (Å²) in [6.07, 6.45) is 2.91. The molecule has 4 nitrogen and oxygen atoms in total. The maximum absolute atomic E-state index is 9.14. The van der Waals surface area contributed by atoms with Gasteiger partial charge in [0.25, 0.3) is 0 Å². The highest BCUT2D eigenvalue weighted by atomic mass is 32.1. The summed E-state index contributed by atoms with van der Waals surface area (Å²) in [7, 11) is 0. The van der Waals surface area contributed by atoms with E-state index < -0.39 is 0 Å². The van der Waals surface area contributed by atoms with Crippen LogP contribution in [0.25, 0.3) is 11.0 Å². The fraction of sp³-hybridized carbons (Fsp3) is 0.214. The molecule has 3 aromatic rings. The molecule has 0 bridgehead atoms. The second kappa shape index (κ2) is 5.19. The lowest BCUT2D eigenvalue weighted by atomic mass is 10.2. The number of nitriles is 1. The minimum absolute atomic E-state index is 0.612. The van der Waals surface area contributed by atoms with Crippen LogP contribution in [0.4, 0.5) is 0 Å². The first-order chi connectivity index (χ1) is 9.72. The minimum Gasteiger partial charge on any atom is -0.329 e. The Hall–Kier alpha value is -1.97. The third kappa shape index (κ3) is 2.15. The van der Waals surface area contributed by atoms with Gasteiger partial charge in [0.15, 0.2) is 4.77 Å². The SMILES string of the molecule is CCc1cnc(Cn2c(=S)[nH]c3c(C#N)cccc32)s1. The van der Waals surface area contributed by atoms with Crippen LogP contribution in [-0.4, -0.2) is 14.5 Å². The average Bonchev–Trinajstić information content (AvgIpc) is 3.04. The first kappa shape index (κ1) is 13.0. The van der Waals surface area contributed by atoms with E-state index in [2.05, 4.69) is 23.0 Å². The van der Waals surface area contributed by atoms with Crippen LogP contribution in [0.5, 0.6) is 0 Å². The number of hydrogen-bond donors (Lipinski definition) is 1. The highest BCUT2D eigenvalue weighted by Crippen LogP contribution is 2.21. The highest BCUT2D eigenvalue weighted by Gasteiger charge is 2.10. The average molecular weight is 300 g/mol. The molecule has 0 saturated carbocycles. The second-order valence-corrected chi connectivity index (χ2v) is 5.99. The van der Waals surface area contributed by atoms with Crippen molar-refractivity contribution in [1.82, 2.24) is 14.5 Å². The summed E-state index contributed by atoms with van der Waals surface area (Å²) in [5, 5.41) is 10.2. The van der Waals surface area contributed by atoms with Gasteiger partial charge in [-0.1, -0.05) is 13.0 Å². The molecule has 100 valence electrons. The van der Waals surface area contributed by atoms with E-state index in [0.717, 1.165) is 22.5 Å². The number of hydrogen-bond acceptors (Lipinski definition) is 4. The zero-order valence-electron chi connectivity index (χ0n) is 10.9. The zero-order chi connectivity index (χ0) is 14.1. The van der Waals surface area contributed by atoms with Gasteiger partial charge in [0, 0.05) is 11.1 Å². The summed E-state index contributed by atoms with van der Waals surface area (Å²) in [5.74, 6) is 0. The fourth-order valence-electron chi connectivity index (χ4n) is 2.15. The van der Waals surface area contributed by atoms with Gasteiger partial charge in [-0.15, -0.1) is 11.3 Å². The van der Waals surface area contributed by atoms with E-state index in [4.69, 9.17) is 17.5 Å². The third-order valence-corrected chi connectivity index (χ3v) is 4.62. The molecule has 6 heteroatoms. The lowest BCUT2D eigenvalue weighted by Gasteiger charge is -2.01. The van der Waals surface area contributed by atoms with Gasteiger partial charge in [0.05, 0.1) is 23.1 Å². The van der Waals surface area contributed by atoms with Crippen molar-refractivity contribution >= 4 is 34.6 Å². The molecule has 1 aromatic carbocycles. The number of H-pyrrole nitrogens is 1. The van der Waals surface area contributed by atoms with Crippen LogP contribution >= 0.6 is 23.6 Å². The molecule has 0 unspecified atom stereocenters. The van der Waals surface area contributed by atoms with Gasteiger partial charge in [-0.2, -0.15) is 5.26 Å². The normalized spacial score (nSPS) is 10.8. The zero-order valence-corrected chi connectivity index (χ0v) is 12.5. The Bertz CT molecular complexity index is 863. The maximum Gasteiger partial charge on any atom is 0.178 e. The van der Waals surface area contributed by atoms with Gasteiger partial charge < -0.3 is 9.55 Å². The van der Waals surface area contributed by atoms with E-state index in [9.17, 15) is 0 Å². The smallest absolute Gasteiger partial charge is 0.178 e. The van der Waals surface area contributed by atoms with Gasteiger partial charge in [-0.25, -0.2) is 4.98 Å². The van der Waals surface area contributed by atoms with E-state index >= 15 is 0 Å². The van der Waals surface area contributed by atoms with Crippen LogP contribution in [0, 0.1) is 16.1 Å². The van der Waals surface area contributed by atoms with Crippen LogP contribution in [0.3, 0.4) is 0 Å². The number of imidazole rings is 1. The monoisotopic (exact) mass is 300 g/mol. The number of rotatable bonds is 3. The number of nitrogens with zero attached hydrogens (tertiary/aromatic N) is 3. The fourth-order valence-corrected chi connectivity index (χ4v) is 3.27. The molecule has 0 aliphatic rings. The molecule has 2 aromatic heterocycles. The number of aryl methyl sites for hydroxylation is 1. The maximum atomic E-state index is 9.14. The number of thiazole rings is 1. The summed E-state index contributed by atoms with van der Waals surface area (Å²) >= 11 is 7.07. The molecule has 0 radical (unpaired) electrons. The Morgan fingerprint density at radius 3 is 3.05 bits per heavy atom. The molecule has 0 aliphatic heterocycles.